The van der Waals surface area contributed by atoms with Crippen molar-refractivity contribution in [1.82, 2.24) is 9.88 Å². The highest BCUT2D eigenvalue weighted by Crippen LogP contribution is 2.47. The first kappa shape index (κ1) is 15.4. The Morgan fingerprint density at radius 1 is 1.25 bits per heavy atom. The fraction of sp³-hybridized carbons (Fsp3) is 0.450. The Hall–Kier alpha value is -2.10. The highest BCUT2D eigenvalue weighted by Gasteiger charge is 2.44. The van der Waals surface area contributed by atoms with Crippen LogP contribution < -0.4 is 5.32 Å². The van der Waals surface area contributed by atoms with E-state index < -0.39 is 0 Å². The molecule has 0 atom stereocenters. The van der Waals surface area contributed by atoms with Gasteiger partial charge in [0.25, 0.3) is 5.91 Å². The monoisotopic (exact) mass is 326 g/mol. The molecular weight excluding hydrogens is 303 g/mol. The van der Waals surface area contributed by atoms with Crippen LogP contribution >= 0.6 is 0 Å². The molecule has 4 rings (SSSR count). The van der Waals surface area contributed by atoms with E-state index in [1.807, 2.05) is 25.1 Å². The molecule has 2 fully saturated rings. The third-order valence-corrected chi connectivity index (χ3v) is 5.54. The number of hydrogen-bond acceptors (Lipinski definition) is 1. The van der Waals surface area contributed by atoms with Crippen LogP contribution in [0.1, 0.15) is 59.0 Å². The summed E-state index contributed by atoms with van der Waals surface area (Å²) in [6.07, 6.45) is 4.51. The molecule has 2 aliphatic carbocycles. The molecule has 1 aromatic carbocycles. The van der Waals surface area contributed by atoms with Crippen molar-refractivity contribution in [2.75, 3.05) is 6.54 Å². The first-order valence-corrected chi connectivity index (χ1v) is 8.73. The van der Waals surface area contributed by atoms with Crippen LogP contribution in [-0.2, 0) is 5.41 Å². The Bertz CT molecular complexity index is 783. The molecule has 24 heavy (non-hydrogen) atoms. The van der Waals surface area contributed by atoms with Gasteiger partial charge in [-0.1, -0.05) is 12.1 Å². The molecule has 0 radical (unpaired) electrons. The molecular formula is C20H23FN2O. The van der Waals surface area contributed by atoms with Gasteiger partial charge in [0.05, 0.1) is 5.56 Å². The van der Waals surface area contributed by atoms with E-state index >= 15 is 0 Å². The van der Waals surface area contributed by atoms with Crippen molar-refractivity contribution >= 4 is 5.91 Å². The number of aryl methyl sites for hydroxylation is 1. The van der Waals surface area contributed by atoms with Crippen LogP contribution in [0.25, 0.3) is 0 Å². The summed E-state index contributed by atoms with van der Waals surface area (Å²) in [4.78, 5) is 12.6. The first-order valence-electron chi connectivity index (χ1n) is 8.73. The Morgan fingerprint density at radius 2 is 1.92 bits per heavy atom. The maximum atomic E-state index is 13.1. The van der Waals surface area contributed by atoms with Gasteiger partial charge in [-0.05, 0) is 63.3 Å². The minimum absolute atomic E-state index is 0.00314. The van der Waals surface area contributed by atoms with Crippen LogP contribution in [-0.4, -0.2) is 17.0 Å². The van der Waals surface area contributed by atoms with E-state index in [1.165, 1.54) is 30.7 Å². The molecule has 3 nitrogen and oxygen atoms in total. The second-order valence-corrected chi connectivity index (χ2v) is 7.36. The number of halogens is 1. The number of aromatic nitrogens is 1. The van der Waals surface area contributed by atoms with Crippen molar-refractivity contribution in [3.63, 3.8) is 0 Å². The number of amides is 1. The topological polar surface area (TPSA) is 34.0 Å². The second kappa shape index (κ2) is 5.47. The molecule has 4 heteroatoms. The van der Waals surface area contributed by atoms with E-state index in [0.29, 0.717) is 12.6 Å². The molecule has 0 spiro atoms. The Labute approximate surface area is 141 Å². The lowest BCUT2D eigenvalue weighted by atomic mass is 9.96. The van der Waals surface area contributed by atoms with Crippen LogP contribution in [0.15, 0.2) is 30.3 Å². The third kappa shape index (κ3) is 2.64. The maximum Gasteiger partial charge on any atom is 0.253 e. The number of nitrogens with one attached hydrogen (secondary N) is 1. The van der Waals surface area contributed by atoms with E-state index in [-0.39, 0.29) is 17.1 Å². The fourth-order valence-corrected chi connectivity index (χ4v) is 3.77. The van der Waals surface area contributed by atoms with E-state index in [1.54, 1.807) is 0 Å². The average molecular weight is 326 g/mol. The van der Waals surface area contributed by atoms with Crippen molar-refractivity contribution in [2.45, 2.75) is 51.0 Å². The minimum Gasteiger partial charge on any atom is -0.351 e. The lowest BCUT2D eigenvalue weighted by Crippen LogP contribution is -2.32. The summed E-state index contributed by atoms with van der Waals surface area (Å²) in [7, 11) is 0. The molecule has 0 unspecified atom stereocenters. The fourth-order valence-electron chi connectivity index (χ4n) is 3.77. The Morgan fingerprint density at radius 3 is 2.50 bits per heavy atom. The van der Waals surface area contributed by atoms with Gasteiger partial charge in [0, 0.05) is 29.4 Å². The Balaban J connectivity index is 1.47. The lowest BCUT2D eigenvalue weighted by molar-refractivity contribution is 0.0949. The predicted molar refractivity (Wildman–Crippen MR) is 91.8 cm³/mol. The first-order chi connectivity index (χ1) is 11.5. The zero-order chi connectivity index (χ0) is 16.9. The molecule has 2 aliphatic rings. The number of rotatable bonds is 5. The summed E-state index contributed by atoms with van der Waals surface area (Å²) in [5.41, 5.74) is 4.13. The molecule has 1 N–H and O–H groups in total. The zero-order valence-electron chi connectivity index (χ0n) is 14.2. The summed E-state index contributed by atoms with van der Waals surface area (Å²) in [5, 5.41) is 3.11. The molecule has 0 bridgehead atoms. The van der Waals surface area contributed by atoms with Gasteiger partial charge in [-0.3, -0.25) is 4.79 Å². The standard InChI is InChI=1S/C20H23FN2O/c1-13-11-18(14(2)23(13)17-7-8-17)19(24)22-12-20(9-10-20)15-3-5-16(21)6-4-15/h3-6,11,17H,7-10,12H2,1-2H3,(H,22,24). The SMILES string of the molecule is Cc1cc(C(=O)NCC2(c3ccc(F)cc3)CC2)c(C)n1C1CC1. The van der Waals surface area contributed by atoms with Crippen molar-refractivity contribution in [3.05, 3.63) is 58.7 Å². The second-order valence-electron chi connectivity index (χ2n) is 7.36. The van der Waals surface area contributed by atoms with E-state index in [4.69, 9.17) is 0 Å². The lowest BCUT2D eigenvalue weighted by Gasteiger charge is -2.17. The summed E-state index contributed by atoms with van der Waals surface area (Å²) < 4.78 is 15.4. The summed E-state index contributed by atoms with van der Waals surface area (Å²) in [5.74, 6) is -0.213. The van der Waals surface area contributed by atoms with Gasteiger partial charge in [-0.15, -0.1) is 0 Å². The normalized spacial score (nSPS) is 18.5. The van der Waals surface area contributed by atoms with Crippen molar-refractivity contribution < 1.29 is 9.18 Å². The molecule has 0 aliphatic heterocycles. The van der Waals surface area contributed by atoms with E-state index in [2.05, 4.69) is 16.8 Å². The molecule has 1 amide bonds. The van der Waals surface area contributed by atoms with Crippen LogP contribution in [0.5, 0.6) is 0 Å². The van der Waals surface area contributed by atoms with Gasteiger partial charge in [0.1, 0.15) is 5.82 Å². The van der Waals surface area contributed by atoms with Crippen LogP contribution in [0.2, 0.25) is 0 Å². The van der Waals surface area contributed by atoms with E-state index in [0.717, 1.165) is 29.7 Å². The molecule has 2 aromatic rings. The van der Waals surface area contributed by atoms with Crippen molar-refractivity contribution in [2.24, 2.45) is 0 Å². The van der Waals surface area contributed by atoms with Gasteiger partial charge < -0.3 is 9.88 Å². The van der Waals surface area contributed by atoms with Crippen molar-refractivity contribution in [1.29, 1.82) is 0 Å². The molecule has 2 saturated carbocycles. The summed E-state index contributed by atoms with van der Waals surface area (Å²) in [6.45, 7) is 4.72. The molecule has 0 saturated heterocycles. The largest absolute Gasteiger partial charge is 0.351 e. The third-order valence-electron chi connectivity index (χ3n) is 5.54. The average Bonchev–Trinajstić information content (AvgIpc) is 3.47. The quantitative estimate of drug-likeness (QED) is 0.884. The number of nitrogens with zero attached hydrogens (tertiary/aromatic N) is 1. The van der Waals surface area contributed by atoms with Gasteiger partial charge >= 0.3 is 0 Å². The number of benzene rings is 1. The number of carbonyl (C=O) groups excluding carboxylic acids is 1. The van der Waals surface area contributed by atoms with Crippen LogP contribution in [0.3, 0.4) is 0 Å². The number of carbonyl (C=O) groups is 1. The zero-order valence-corrected chi connectivity index (χ0v) is 14.2. The number of hydrogen-bond donors (Lipinski definition) is 1. The summed E-state index contributed by atoms with van der Waals surface area (Å²) in [6, 6.07) is 9.27. The van der Waals surface area contributed by atoms with Gasteiger partial charge in [0.15, 0.2) is 0 Å². The highest BCUT2D eigenvalue weighted by molar-refractivity contribution is 5.95. The van der Waals surface area contributed by atoms with Gasteiger partial charge in [-0.25, -0.2) is 4.39 Å². The predicted octanol–water partition coefficient (Wildman–Crippen LogP) is 4.04. The molecule has 1 heterocycles. The maximum absolute atomic E-state index is 13.1. The smallest absolute Gasteiger partial charge is 0.253 e. The highest BCUT2D eigenvalue weighted by atomic mass is 19.1. The minimum atomic E-state index is -0.217. The molecule has 1 aromatic heterocycles. The molecule has 126 valence electrons. The van der Waals surface area contributed by atoms with Crippen LogP contribution in [0, 0.1) is 19.7 Å². The van der Waals surface area contributed by atoms with Gasteiger partial charge in [0.2, 0.25) is 0 Å². The summed E-state index contributed by atoms with van der Waals surface area (Å²) >= 11 is 0. The van der Waals surface area contributed by atoms with E-state index in [9.17, 15) is 9.18 Å². The van der Waals surface area contributed by atoms with Crippen LogP contribution in [0.4, 0.5) is 4.39 Å². The Kier molecular flexibility index (Phi) is 3.52. The van der Waals surface area contributed by atoms with Crippen molar-refractivity contribution in [3.8, 4) is 0 Å². The van der Waals surface area contributed by atoms with Gasteiger partial charge in [-0.2, -0.15) is 0 Å².